The lowest BCUT2D eigenvalue weighted by atomic mass is 10.1. The zero-order valence-electron chi connectivity index (χ0n) is 11.8. The lowest BCUT2D eigenvalue weighted by Crippen LogP contribution is -2.35. The second kappa shape index (κ2) is 6.43. The van der Waals surface area contributed by atoms with Crippen molar-refractivity contribution in [3.63, 3.8) is 0 Å². The topological polar surface area (TPSA) is 30.5 Å². The Morgan fingerprint density at radius 1 is 1.28 bits per heavy atom. The van der Waals surface area contributed by atoms with Crippen LogP contribution >= 0.6 is 15.9 Å². The molecule has 3 nitrogen and oxygen atoms in total. The lowest BCUT2D eigenvalue weighted by molar-refractivity contribution is 0.304. The predicted octanol–water partition coefficient (Wildman–Crippen LogP) is 3.74. The van der Waals surface area contributed by atoms with Crippen LogP contribution in [0.15, 0.2) is 16.6 Å². The third-order valence-electron chi connectivity index (χ3n) is 2.47. The minimum atomic E-state index is 0.0615. The zero-order chi connectivity index (χ0) is 13.8. The van der Waals surface area contributed by atoms with E-state index in [0.29, 0.717) is 6.61 Å². The van der Waals surface area contributed by atoms with Crippen molar-refractivity contribution in [3.8, 4) is 11.5 Å². The highest BCUT2D eigenvalue weighted by molar-refractivity contribution is 9.10. The average Bonchev–Trinajstić information content (AvgIpc) is 2.27. The maximum absolute atomic E-state index is 5.71. The Hall–Kier alpha value is -0.740. The van der Waals surface area contributed by atoms with E-state index in [9.17, 15) is 0 Å². The maximum Gasteiger partial charge on any atom is 0.166 e. The molecule has 0 aliphatic rings. The van der Waals surface area contributed by atoms with Crippen molar-refractivity contribution in [2.75, 3.05) is 13.7 Å². The summed E-state index contributed by atoms with van der Waals surface area (Å²) in [6, 6.07) is 3.90. The molecule has 0 aromatic heterocycles. The molecule has 0 atom stereocenters. The molecule has 1 aromatic carbocycles. The first-order valence-electron chi connectivity index (χ1n) is 6.12. The summed E-state index contributed by atoms with van der Waals surface area (Å²) in [4.78, 5) is 0. The molecule has 0 fully saturated rings. The van der Waals surface area contributed by atoms with E-state index >= 15 is 0 Å². The summed E-state index contributed by atoms with van der Waals surface area (Å²) >= 11 is 3.57. The minimum Gasteiger partial charge on any atom is -0.493 e. The summed E-state index contributed by atoms with van der Waals surface area (Å²) in [5, 5.41) is 3.46. The summed E-state index contributed by atoms with van der Waals surface area (Å²) in [6.45, 7) is 9.75. The van der Waals surface area contributed by atoms with Gasteiger partial charge in [-0.2, -0.15) is 0 Å². The van der Waals surface area contributed by atoms with Crippen molar-refractivity contribution in [3.05, 3.63) is 22.2 Å². The van der Waals surface area contributed by atoms with Crippen LogP contribution in [0.5, 0.6) is 11.5 Å². The number of benzene rings is 1. The van der Waals surface area contributed by atoms with Crippen LogP contribution in [0, 0.1) is 0 Å². The molecule has 0 bridgehead atoms. The third kappa shape index (κ3) is 4.18. The van der Waals surface area contributed by atoms with Gasteiger partial charge in [0.2, 0.25) is 0 Å². The Morgan fingerprint density at radius 3 is 2.44 bits per heavy atom. The van der Waals surface area contributed by atoms with Crippen LogP contribution in [-0.4, -0.2) is 19.3 Å². The Kier molecular flexibility index (Phi) is 5.47. The van der Waals surface area contributed by atoms with Crippen LogP contribution in [0.2, 0.25) is 0 Å². The van der Waals surface area contributed by atoms with Gasteiger partial charge in [0.25, 0.3) is 0 Å². The van der Waals surface area contributed by atoms with E-state index in [1.54, 1.807) is 7.11 Å². The highest BCUT2D eigenvalue weighted by Gasteiger charge is 2.16. The summed E-state index contributed by atoms with van der Waals surface area (Å²) in [7, 11) is 1.66. The quantitative estimate of drug-likeness (QED) is 0.897. The van der Waals surface area contributed by atoms with Gasteiger partial charge < -0.3 is 14.8 Å². The molecule has 0 aliphatic carbocycles. The highest BCUT2D eigenvalue weighted by atomic mass is 79.9. The molecule has 0 heterocycles. The number of nitrogens with one attached hydrogen (secondary N) is 1. The first-order chi connectivity index (χ1) is 8.39. The molecule has 102 valence electrons. The van der Waals surface area contributed by atoms with Crippen molar-refractivity contribution >= 4 is 15.9 Å². The molecule has 0 saturated heterocycles. The van der Waals surface area contributed by atoms with Crippen LogP contribution in [0.3, 0.4) is 0 Å². The molecule has 1 rings (SSSR count). The van der Waals surface area contributed by atoms with Gasteiger partial charge in [-0.15, -0.1) is 0 Å². The fourth-order valence-corrected chi connectivity index (χ4v) is 2.02. The molecule has 0 spiro atoms. The minimum absolute atomic E-state index is 0.0615. The lowest BCUT2D eigenvalue weighted by Gasteiger charge is -2.23. The van der Waals surface area contributed by atoms with Crippen molar-refractivity contribution < 1.29 is 9.47 Å². The normalized spacial score (nSPS) is 11.4. The molecule has 0 radical (unpaired) electrons. The van der Waals surface area contributed by atoms with Crippen molar-refractivity contribution in [1.82, 2.24) is 5.32 Å². The number of ether oxygens (including phenoxy) is 2. The van der Waals surface area contributed by atoms with Gasteiger partial charge in [-0.3, -0.25) is 0 Å². The van der Waals surface area contributed by atoms with E-state index in [1.165, 1.54) is 0 Å². The van der Waals surface area contributed by atoms with Gasteiger partial charge in [-0.1, -0.05) is 15.9 Å². The Bertz CT molecular complexity index is 400. The number of methoxy groups -OCH3 is 1. The molecule has 1 aromatic rings. The number of halogens is 1. The van der Waals surface area contributed by atoms with Gasteiger partial charge in [0, 0.05) is 22.1 Å². The second-order valence-corrected chi connectivity index (χ2v) is 5.95. The molecule has 0 amide bonds. The molecule has 0 unspecified atom stereocenters. The van der Waals surface area contributed by atoms with Gasteiger partial charge in [0.1, 0.15) is 0 Å². The largest absolute Gasteiger partial charge is 0.493 e. The van der Waals surface area contributed by atoms with Gasteiger partial charge in [0.05, 0.1) is 13.7 Å². The number of hydrogen-bond donors (Lipinski definition) is 1. The van der Waals surface area contributed by atoms with E-state index in [-0.39, 0.29) is 5.54 Å². The zero-order valence-corrected chi connectivity index (χ0v) is 13.3. The van der Waals surface area contributed by atoms with Crippen LogP contribution in [0.25, 0.3) is 0 Å². The maximum atomic E-state index is 5.71. The third-order valence-corrected chi connectivity index (χ3v) is 3.21. The first kappa shape index (κ1) is 15.3. The molecule has 0 aliphatic heterocycles. The molecule has 1 N–H and O–H groups in total. The van der Waals surface area contributed by atoms with Crippen molar-refractivity contribution in [2.24, 2.45) is 0 Å². The van der Waals surface area contributed by atoms with Gasteiger partial charge in [-0.05, 0) is 39.8 Å². The SMILES string of the molecule is CCOc1c(OC)ccc(Br)c1CNC(C)(C)C. The molecular weight excluding hydrogens is 294 g/mol. The summed E-state index contributed by atoms with van der Waals surface area (Å²) in [5.41, 5.74) is 1.15. The molecule has 0 saturated carbocycles. The fourth-order valence-electron chi connectivity index (χ4n) is 1.56. The van der Waals surface area contributed by atoms with E-state index in [1.807, 2.05) is 19.1 Å². The van der Waals surface area contributed by atoms with Crippen LogP contribution < -0.4 is 14.8 Å². The monoisotopic (exact) mass is 315 g/mol. The average molecular weight is 316 g/mol. The van der Waals surface area contributed by atoms with E-state index in [2.05, 4.69) is 42.0 Å². The standard InChI is InChI=1S/C14H22BrNO2/c1-6-18-13-10(9-16-14(2,3)4)11(15)7-8-12(13)17-5/h7-8,16H,6,9H2,1-5H3. The Balaban J connectivity index is 3.06. The Labute approximate surface area is 118 Å². The highest BCUT2D eigenvalue weighted by Crippen LogP contribution is 2.36. The molecule has 4 heteroatoms. The van der Waals surface area contributed by atoms with E-state index in [4.69, 9.17) is 9.47 Å². The van der Waals surface area contributed by atoms with Crippen LogP contribution in [0.1, 0.15) is 33.3 Å². The Morgan fingerprint density at radius 2 is 1.94 bits per heavy atom. The van der Waals surface area contributed by atoms with Crippen molar-refractivity contribution in [2.45, 2.75) is 39.8 Å². The van der Waals surface area contributed by atoms with Crippen LogP contribution in [0.4, 0.5) is 0 Å². The summed E-state index contributed by atoms with van der Waals surface area (Å²) in [6.07, 6.45) is 0. The van der Waals surface area contributed by atoms with Gasteiger partial charge >= 0.3 is 0 Å². The van der Waals surface area contributed by atoms with Gasteiger partial charge in [-0.25, -0.2) is 0 Å². The van der Waals surface area contributed by atoms with E-state index in [0.717, 1.165) is 28.1 Å². The summed E-state index contributed by atoms with van der Waals surface area (Å²) in [5.74, 6) is 1.58. The fraction of sp³-hybridized carbons (Fsp3) is 0.571. The van der Waals surface area contributed by atoms with Gasteiger partial charge in [0.15, 0.2) is 11.5 Å². The van der Waals surface area contributed by atoms with E-state index < -0.39 is 0 Å². The number of hydrogen-bond acceptors (Lipinski definition) is 3. The number of rotatable bonds is 5. The smallest absolute Gasteiger partial charge is 0.166 e. The molecular formula is C14H22BrNO2. The van der Waals surface area contributed by atoms with Crippen LogP contribution in [-0.2, 0) is 6.54 Å². The van der Waals surface area contributed by atoms with Crippen molar-refractivity contribution in [1.29, 1.82) is 0 Å². The second-order valence-electron chi connectivity index (χ2n) is 5.09. The molecule has 18 heavy (non-hydrogen) atoms. The first-order valence-corrected chi connectivity index (χ1v) is 6.91. The predicted molar refractivity (Wildman–Crippen MR) is 78.5 cm³/mol. The summed E-state index contributed by atoms with van der Waals surface area (Å²) < 4.78 is 12.1.